The summed E-state index contributed by atoms with van der Waals surface area (Å²) in [7, 11) is -0.425. The van der Waals surface area contributed by atoms with E-state index in [-0.39, 0.29) is 0 Å². The molecule has 5 aromatic rings. The van der Waals surface area contributed by atoms with Crippen molar-refractivity contribution in [1.82, 2.24) is 0 Å². The fourth-order valence-electron chi connectivity index (χ4n) is 4.64. The third kappa shape index (κ3) is 3.46. The van der Waals surface area contributed by atoms with E-state index in [0.29, 0.717) is 0 Å². The number of furan rings is 1. The molecular weight excluding hydrogens is 419 g/mol. The molecule has 6 rings (SSSR count). The first-order valence-electron chi connectivity index (χ1n) is 11.8. The van der Waals surface area contributed by atoms with Crippen molar-refractivity contribution in [2.24, 2.45) is 0 Å². The highest BCUT2D eigenvalue weighted by molar-refractivity contribution is 6.62. The molecule has 4 aromatic carbocycles. The summed E-state index contributed by atoms with van der Waals surface area (Å²) in [5.41, 5.74) is 6.60. The summed E-state index contributed by atoms with van der Waals surface area (Å²) in [5, 5.41) is 2.25. The van der Waals surface area contributed by atoms with Crippen molar-refractivity contribution >= 4 is 34.5 Å². The summed E-state index contributed by atoms with van der Waals surface area (Å²) in [6.45, 7) is 8.36. The Hall–Kier alpha value is -3.34. The lowest BCUT2D eigenvalue weighted by atomic mass is 9.76. The zero-order valence-electron chi connectivity index (χ0n) is 20.0. The SMILES string of the molecule is CC1(C)OB(c2cc(-c3ccccc3)cc(-c3ccc4oc5ccccc5c4c3)c2)OC1(C)C. The van der Waals surface area contributed by atoms with Crippen LogP contribution in [0.15, 0.2) is 95.4 Å². The van der Waals surface area contributed by atoms with Crippen LogP contribution in [0.2, 0.25) is 0 Å². The predicted octanol–water partition coefficient (Wildman–Crippen LogP) is 7.22. The van der Waals surface area contributed by atoms with E-state index >= 15 is 0 Å². The van der Waals surface area contributed by atoms with Crippen molar-refractivity contribution in [1.29, 1.82) is 0 Å². The van der Waals surface area contributed by atoms with Crippen LogP contribution < -0.4 is 5.46 Å². The fourth-order valence-corrected chi connectivity index (χ4v) is 4.64. The molecule has 168 valence electrons. The number of hydrogen-bond donors (Lipinski definition) is 0. The van der Waals surface area contributed by atoms with E-state index in [1.165, 1.54) is 0 Å². The van der Waals surface area contributed by atoms with E-state index in [4.69, 9.17) is 13.7 Å². The molecule has 1 aliphatic heterocycles. The molecule has 0 unspecified atom stereocenters. The van der Waals surface area contributed by atoms with Crippen LogP contribution >= 0.6 is 0 Å². The molecule has 34 heavy (non-hydrogen) atoms. The predicted molar refractivity (Wildman–Crippen MR) is 140 cm³/mol. The second-order valence-corrected chi connectivity index (χ2v) is 10.1. The van der Waals surface area contributed by atoms with Crippen molar-refractivity contribution < 1.29 is 13.7 Å². The Morgan fingerprint density at radius 1 is 0.529 bits per heavy atom. The van der Waals surface area contributed by atoms with E-state index in [9.17, 15) is 0 Å². The average molecular weight is 446 g/mol. The van der Waals surface area contributed by atoms with Crippen LogP contribution in [0.3, 0.4) is 0 Å². The van der Waals surface area contributed by atoms with E-state index in [2.05, 4.69) is 100 Å². The number of fused-ring (bicyclic) bond motifs is 3. The van der Waals surface area contributed by atoms with Crippen LogP contribution in [0, 0.1) is 0 Å². The largest absolute Gasteiger partial charge is 0.494 e. The Balaban J connectivity index is 1.52. The number of rotatable bonds is 3. The molecule has 0 atom stereocenters. The quantitative estimate of drug-likeness (QED) is 0.274. The Kier molecular flexibility index (Phi) is 4.74. The molecule has 1 aliphatic rings. The van der Waals surface area contributed by atoms with Crippen molar-refractivity contribution in [3.63, 3.8) is 0 Å². The van der Waals surface area contributed by atoms with Crippen molar-refractivity contribution in [3.05, 3.63) is 91.0 Å². The number of hydrogen-bond acceptors (Lipinski definition) is 3. The summed E-state index contributed by atoms with van der Waals surface area (Å²) >= 11 is 0. The highest BCUT2D eigenvalue weighted by Gasteiger charge is 2.51. The van der Waals surface area contributed by atoms with Crippen molar-refractivity contribution in [2.45, 2.75) is 38.9 Å². The Morgan fingerprint density at radius 2 is 1.15 bits per heavy atom. The smallest absolute Gasteiger partial charge is 0.456 e. The van der Waals surface area contributed by atoms with Gasteiger partial charge in [0.1, 0.15) is 11.2 Å². The lowest BCUT2D eigenvalue weighted by molar-refractivity contribution is 0.00578. The Morgan fingerprint density at radius 3 is 1.88 bits per heavy atom. The number of para-hydroxylation sites is 1. The lowest BCUT2D eigenvalue weighted by Gasteiger charge is -2.32. The van der Waals surface area contributed by atoms with Crippen LogP contribution in [-0.4, -0.2) is 18.3 Å². The summed E-state index contributed by atoms with van der Waals surface area (Å²) in [6.07, 6.45) is 0. The monoisotopic (exact) mass is 446 g/mol. The summed E-state index contributed by atoms with van der Waals surface area (Å²) in [5.74, 6) is 0. The van der Waals surface area contributed by atoms with Gasteiger partial charge in [-0.05, 0) is 79.7 Å². The molecule has 3 nitrogen and oxygen atoms in total. The molecule has 0 bridgehead atoms. The first-order valence-corrected chi connectivity index (χ1v) is 11.8. The minimum absolute atomic E-state index is 0.394. The van der Waals surface area contributed by atoms with Gasteiger partial charge in [0.05, 0.1) is 11.2 Å². The molecule has 0 aliphatic carbocycles. The molecule has 2 heterocycles. The van der Waals surface area contributed by atoms with Gasteiger partial charge in [0.25, 0.3) is 0 Å². The van der Waals surface area contributed by atoms with Gasteiger partial charge in [0.15, 0.2) is 0 Å². The van der Waals surface area contributed by atoms with Gasteiger partial charge >= 0.3 is 7.12 Å². The van der Waals surface area contributed by atoms with Crippen LogP contribution in [0.25, 0.3) is 44.2 Å². The van der Waals surface area contributed by atoms with Gasteiger partial charge in [-0.3, -0.25) is 0 Å². The van der Waals surface area contributed by atoms with E-state index in [0.717, 1.165) is 49.7 Å². The zero-order chi connectivity index (χ0) is 23.5. The fraction of sp³-hybridized carbons (Fsp3) is 0.200. The molecule has 1 fully saturated rings. The first kappa shape index (κ1) is 21.2. The Labute approximate surface area is 200 Å². The summed E-state index contributed by atoms with van der Waals surface area (Å²) in [6, 6.07) is 31.7. The molecule has 0 radical (unpaired) electrons. The highest BCUT2D eigenvalue weighted by Crippen LogP contribution is 2.38. The van der Waals surface area contributed by atoms with Crippen molar-refractivity contribution in [2.75, 3.05) is 0 Å². The van der Waals surface area contributed by atoms with Gasteiger partial charge in [-0.15, -0.1) is 0 Å². The zero-order valence-corrected chi connectivity index (χ0v) is 20.0. The molecule has 0 amide bonds. The second-order valence-electron chi connectivity index (χ2n) is 10.1. The van der Waals surface area contributed by atoms with Gasteiger partial charge in [-0.25, -0.2) is 0 Å². The maximum atomic E-state index is 6.41. The normalized spacial score (nSPS) is 17.0. The third-order valence-corrected chi connectivity index (χ3v) is 7.30. The van der Waals surface area contributed by atoms with E-state index < -0.39 is 18.3 Å². The first-order chi connectivity index (χ1) is 16.3. The number of benzene rings is 4. The molecule has 4 heteroatoms. The lowest BCUT2D eigenvalue weighted by Crippen LogP contribution is -2.41. The van der Waals surface area contributed by atoms with Gasteiger partial charge in [0.2, 0.25) is 0 Å². The Bertz CT molecular complexity index is 1500. The van der Waals surface area contributed by atoms with Crippen LogP contribution in [0.1, 0.15) is 27.7 Å². The van der Waals surface area contributed by atoms with Crippen LogP contribution in [-0.2, 0) is 9.31 Å². The molecule has 0 saturated carbocycles. The molecule has 0 N–H and O–H groups in total. The van der Waals surface area contributed by atoms with Gasteiger partial charge in [-0.1, -0.05) is 66.7 Å². The minimum Gasteiger partial charge on any atom is -0.456 e. The van der Waals surface area contributed by atoms with Crippen LogP contribution in [0.5, 0.6) is 0 Å². The van der Waals surface area contributed by atoms with Crippen molar-refractivity contribution in [3.8, 4) is 22.3 Å². The molecular formula is C30H27BO3. The van der Waals surface area contributed by atoms with E-state index in [1.54, 1.807) is 0 Å². The summed E-state index contributed by atoms with van der Waals surface area (Å²) < 4.78 is 18.9. The maximum Gasteiger partial charge on any atom is 0.494 e. The summed E-state index contributed by atoms with van der Waals surface area (Å²) in [4.78, 5) is 0. The molecule has 1 aromatic heterocycles. The topological polar surface area (TPSA) is 31.6 Å². The van der Waals surface area contributed by atoms with Gasteiger partial charge in [0, 0.05) is 10.8 Å². The minimum atomic E-state index is -0.425. The van der Waals surface area contributed by atoms with Gasteiger partial charge < -0.3 is 13.7 Å². The van der Waals surface area contributed by atoms with Gasteiger partial charge in [-0.2, -0.15) is 0 Å². The third-order valence-electron chi connectivity index (χ3n) is 7.30. The molecule has 1 saturated heterocycles. The van der Waals surface area contributed by atoms with Crippen LogP contribution in [0.4, 0.5) is 0 Å². The second kappa shape index (κ2) is 7.59. The maximum absolute atomic E-state index is 6.41. The molecule has 0 spiro atoms. The van der Waals surface area contributed by atoms with E-state index in [1.807, 2.05) is 18.2 Å². The highest BCUT2D eigenvalue weighted by atomic mass is 16.7. The standard InChI is InChI=1S/C30H27BO3/c1-29(2)30(3,4)34-31(33-29)24-17-22(20-10-6-5-7-11-20)16-23(18-24)21-14-15-28-26(19-21)25-12-8-9-13-27(25)32-28/h5-19H,1-4H3. The average Bonchev–Trinajstić information content (AvgIpc) is 3.32.